The lowest BCUT2D eigenvalue weighted by Crippen LogP contribution is -2.23. The van der Waals surface area contributed by atoms with E-state index in [1.807, 2.05) is 0 Å². The first-order valence-corrected chi connectivity index (χ1v) is 5.34. The van der Waals surface area contributed by atoms with Gasteiger partial charge in [-0.15, -0.1) is 0 Å². The maximum Gasteiger partial charge on any atom is 0.501 e. The number of phenolic OH excluding ortho intramolecular Hbond substituents is 1. The van der Waals surface area contributed by atoms with Crippen molar-refractivity contribution in [1.82, 2.24) is 0 Å². The highest BCUT2D eigenvalue weighted by Gasteiger charge is 2.47. The molecule has 0 bridgehead atoms. The summed E-state index contributed by atoms with van der Waals surface area (Å²) < 4.78 is 58.2. The van der Waals surface area contributed by atoms with Crippen molar-refractivity contribution in [3.8, 4) is 5.75 Å². The molecule has 0 spiro atoms. The van der Waals surface area contributed by atoms with E-state index in [1.165, 1.54) is 0 Å². The van der Waals surface area contributed by atoms with Crippen LogP contribution in [0.2, 0.25) is 0 Å². The molecule has 0 fully saturated rings. The zero-order valence-electron chi connectivity index (χ0n) is 7.80. The second-order valence-electron chi connectivity index (χ2n) is 2.86. The quantitative estimate of drug-likeness (QED) is 0.650. The van der Waals surface area contributed by atoms with Crippen LogP contribution < -0.4 is 0 Å². The first kappa shape index (κ1) is 13.2. The molecule has 10 heteroatoms. The van der Waals surface area contributed by atoms with E-state index in [4.69, 9.17) is 5.11 Å². The Labute approximate surface area is 92.4 Å². The fourth-order valence-corrected chi connectivity index (χ4v) is 1.73. The van der Waals surface area contributed by atoms with Crippen LogP contribution in [-0.4, -0.2) is 24.0 Å². The molecule has 0 heterocycles. The third-order valence-electron chi connectivity index (χ3n) is 1.76. The third kappa shape index (κ3) is 2.30. The molecular formula is C7H4F3NO5S. The number of phenols is 1. The van der Waals surface area contributed by atoms with Crippen LogP contribution in [0.5, 0.6) is 5.75 Å². The van der Waals surface area contributed by atoms with Gasteiger partial charge in [-0.3, -0.25) is 10.1 Å². The van der Waals surface area contributed by atoms with E-state index in [-0.39, 0.29) is 6.07 Å². The molecule has 0 amide bonds. The monoisotopic (exact) mass is 271 g/mol. The second-order valence-corrected chi connectivity index (χ2v) is 4.80. The number of nitro benzene ring substituents is 1. The van der Waals surface area contributed by atoms with Gasteiger partial charge in [0.15, 0.2) is 5.75 Å². The fraction of sp³-hybridized carbons (Fsp3) is 0.143. The molecule has 1 aromatic rings. The Balaban J connectivity index is 3.46. The molecule has 0 unspecified atom stereocenters. The van der Waals surface area contributed by atoms with Crippen LogP contribution in [0.3, 0.4) is 0 Å². The van der Waals surface area contributed by atoms with Gasteiger partial charge in [0, 0.05) is 6.07 Å². The predicted octanol–water partition coefficient (Wildman–Crippen LogP) is 1.59. The topological polar surface area (TPSA) is 97.5 Å². The average Bonchev–Trinajstić information content (AvgIpc) is 2.15. The molecular weight excluding hydrogens is 267 g/mol. The number of aromatic hydroxyl groups is 1. The van der Waals surface area contributed by atoms with Crippen LogP contribution >= 0.6 is 0 Å². The van der Waals surface area contributed by atoms with E-state index < -0.39 is 36.6 Å². The highest BCUT2D eigenvalue weighted by Crippen LogP contribution is 2.34. The maximum atomic E-state index is 12.1. The molecule has 0 aliphatic heterocycles. The van der Waals surface area contributed by atoms with Crippen molar-refractivity contribution in [1.29, 1.82) is 0 Å². The Morgan fingerprint density at radius 1 is 1.29 bits per heavy atom. The first-order chi connectivity index (χ1) is 7.57. The number of rotatable bonds is 2. The minimum Gasteiger partial charge on any atom is -0.502 e. The molecule has 0 atom stereocenters. The molecule has 0 aliphatic rings. The van der Waals surface area contributed by atoms with Crippen molar-refractivity contribution < 1.29 is 31.6 Å². The first-order valence-electron chi connectivity index (χ1n) is 3.86. The van der Waals surface area contributed by atoms with Gasteiger partial charge in [0.25, 0.3) is 9.84 Å². The second kappa shape index (κ2) is 3.87. The number of hydrogen-bond acceptors (Lipinski definition) is 5. The van der Waals surface area contributed by atoms with Crippen LogP contribution in [-0.2, 0) is 9.84 Å². The van der Waals surface area contributed by atoms with Crippen LogP contribution in [0, 0.1) is 10.1 Å². The molecule has 0 radical (unpaired) electrons. The third-order valence-corrected chi connectivity index (χ3v) is 3.24. The van der Waals surface area contributed by atoms with Crippen LogP contribution in [0.4, 0.5) is 18.9 Å². The zero-order chi connectivity index (χ0) is 13.4. The largest absolute Gasteiger partial charge is 0.502 e. The maximum absolute atomic E-state index is 12.1. The van der Waals surface area contributed by atoms with E-state index >= 15 is 0 Å². The molecule has 0 aromatic heterocycles. The Kier molecular flexibility index (Phi) is 3.01. The zero-order valence-corrected chi connectivity index (χ0v) is 8.62. The van der Waals surface area contributed by atoms with Crippen molar-refractivity contribution in [3.05, 3.63) is 28.3 Å². The molecule has 94 valence electrons. The Bertz CT molecular complexity index is 565. The number of nitrogens with zero attached hydrogens (tertiary/aromatic N) is 1. The number of sulfone groups is 1. The Hall–Kier alpha value is -1.84. The van der Waals surface area contributed by atoms with Gasteiger partial charge >= 0.3 is 11.2 Å². The van der Waals surface area contributed by atoms with E-state index in [9.17, 15) is 31.7 Å². The Morgan fingerprint density at radius 2 is 1.82 bits per heavy atom. The van der Waals surface area contributed by atoms with Gasteiger partial charge in [0.2, 0.25) is 0 Å². The van der Waals surface area contributed by atoms with Gasteiger partial charge in [-0.1, -0.05) is 0 Å². The molecule has 1 rings (SSSR count). The summed E-state index contributed by atoms with van der Waals surface area (Å²) in [5.74, 6) is -0.920. The predicted molar refractivity (Wildman–Crippen MR) is 48.0 cm³/mol. The van der Waals surface area contributed by atoms with Crippen molar-refractivity contribution in [2.75, 3.05) is 0 Å². The number of nitro groups is 1. The smallest absolute Gasteiger partial charge is 0.501 e. The van der Waals surface area contributed by atoms with Gasteiger partial charge < -0.3 is 5.11 Å². The average molecular weight is 271 g/mol. The summed E-state index contributed by atoms with van der Waals surface area (Å²) in [5, 5.41) is 19.3. The number of benzene rings is 1. The standard InChI is InChI=1S/C7H4F3NO5S/c8-7(9,10)17(15,16)4-1-2-6(12)5(3-4)11(13)14/h1-3,12H. The van der Waals surface area contributed by atoms with Crippen molar-refractivity contribution in [3.63, 3.8) is 0 Å². The molecule has 0 saturated carbocycles. The number of halogens is 3. The molecule has 0 aliphatic carbocycles. The number of alkyl halides is 3. The van der Waals surface area contributed by atoms with Crippen LogP contribution in [0.15, 0.2) is 23.1 Å². The summed E-state index contributed by atoms with van der Waals surface area (Å²) in [7, 11) is -5.66. The van der Waals surface area contributed by atoms with E-state index in [0.717, 1.165) is 0 Å². The van der Waals surface area contributed by atoms with Crippen molar-refractivity contribution in [2.45, 2.75) is 10.4 Å². The lowest BCUT2D eigenvalue weighted by Gasteiger charge is -2.07. The van der Waals surface area contributed by atoms with Crippen molar-refractivity contribution >= 4 is 15.5 Å². The van der Waals surface area contributed by atoms with E-state index in [2.05, 4.69) is 0 Å². The fourth-order valence-electron chi connectivity index (χ4n) is 0.950. The highest BCUT2D eigenvalue weighted by atomic mass is 32.2. The number of hydrogen-bond donors (Lipinski definition) is 1. The summed E-state index contributed by atoms with van der Waals surface area (Å²) in [6.07, 6.45) is 0. The molecule has 1 aromatic carbocycles. The lowest BCUT2D eigenvalue weighted by atomic mass is 10.3. The molecule has 6 nitrogen and oxygen atoms in total. The van der Waals surface area contributed by atoms with Gasteiger partial charge in [-0.25, -0.2) is 8.42 Å². The molecule has 17 heavy (non-hydrogen) atoms. The molecule has 1 N–H and O–H groups in total. The van der Waals surface area contributed by atoms with Crippen molar-refractivity contribution in [2.24, 2.45) is 0 Å². The minimum absolute atomic E-state index is 0.151. The SMILES string of the molecule is O=[N+]([O-])c1cc(S(=O)(=O)C(F)(F)F)ccc1O. The lowest BCUT2D eigenvalue weighted by molar-refractivity contribution is -0.386. The normalized spacial score (nSPS) is 12.4. The summed E-state index contributed by atoms with van der Waals surface area (Å²) in [4.78, 5) is 7.83. The van der Waals surface area contributed by atoms with Gasteiger partial charge in [-0.2, -0.15) is 13.2 Å². The molecule has 0 saturated heterocycles. The van der Waals surface area contributed by atoms with E-state index in [1.54, 1.807) is 0 Å². The highest BCUT2D eigenvalue weighted by molar-refractivity contribution is 7.92. The summed E-state index contributed by atoms with van der Waals surface area (Å²) in [6, 6.07) is 1.10. The van der Waals surface area contributed by atoms with Gasteiger partial charge in [0.05, 0.1) is 9.82 Å². The van der Waals surface area contributed by atoms with Crippen LogP contribution in [0.1, 0.15) is 0 Å². The summed E-state index contributed by atoms with van der Waals surface area (Å²) >= 11 is 0. The minimum atomic E-state index is -5.66. The Morgan fingerprint density at radius 3 is 2.24 bits per heavy atom. The van der Waals surface area contributed by atoms with Crippen LogP contribution in [0.25, 0.3) is 0 Å². The van der Waals surface area contributed by atoms with E-state index in [0.29, 0.717) is 12.1 Å². The summed E-state index contributed by atoms with van der Waals surface area (Å²) in [6.45, 7) is 0. The van der Waals surface area contributed by atoms with Gasteiger partial charge in [-0.05, 0) is 12.1 Å². The summed E-state index contributed by atoms with van der Waals surface area (Å²) in [5.41, 5.74) is -6.67. The van der Waals surface area contributed by atoms with Gasteiger partial charge in [0.1, 0.15) is 0 Å².